The molecule has 1 atom stereocenters. The molecular weight excluding hydrogens is 236 g/mol. The maximum absolute atomic E-state index is 12.4. The van der Waals surface area contributed by atoms with Gasteiger partial charge in [0.05, 0.1) is 0 Å². The number of hydrogen-bond donors (Lipinski definition) is 0. The molecule has 0 heterocycles. The van der Waals surface area contributed by atoms with Crippen LogP contribution in [0.1, 0.15) is 0 Å². The first-order chi connectivity index (χ1) is 6.53. The number of alkyl halides is 8. The Morgan fingerprint density at radius 2 is 1.47 bits per heavy atom. The summed E-state index contributed by atoms with van der Waals surface area (Å²) in [6.07, 6.45) is -5.29. The highest BCUT2D eigenvalue weighted by molar-refractivity contribution is 5.05. The van der Waals surface area contributed by atoms with E-state index in [1.165, 1.54) is 0 Å². The second kappa shape index (κ2) is 3.97. The third-order valence-corrected chi connectivity index (χ3v) is 1.57. The fourth-order valence-corrected chi connectivity index (χ4v) is 0.638. The summed E-state index contributed by atoms with van der Waals surface area (Å²) in [5.41, 5.74) is 0. The molecule has 0 aliphatic rings. The third kappa shape index (κ3) is 2.40. The monoisotopic (exact) mass is 242 g/mol. The van der Waals surface area contributed by atoms with Gasteiger partial charge in [-0.1, -0.05) is 6.58 Å². The van der Waals surface area contributed by atoms with Crippen LogP contribution in [0.15, 0.2) is 12.7 Å². The lowest BCUT2D eigenvalue weighted by atomic mass is 10.0. The molecule has 90 valence electrons. The van der Waals surface area contributed by atoms with Crippen molar-refractivity contribution in [2.75, 3.05) is 6.67 Å². The van der Waals surface area contributed by atoms with E-state index in [1.54, 1.807) is 0 Å². The summed E-state index contributed by atoms with van der Waals surface area (Å²) in [5, 5.41) is 0. The lowest BCUT2D eigenvalue weighted by Gasteiger charge is -2.29. The van der Waals surface area contributed by atoms with Crippen molar-refractivity contribution >= 4 is 0 Å². The highest BCUT2D eigenvalue weighted by Crippen LogP contribution is 2.44. The second-order valence-corrected chi connectivity index (χ2v) is 2.71. The molecule has 8 heteroatoms. The molecule has 0 amide bonds. The topological polar surface area (TPSA) is 0 Å². The summed E-state index contributed by atoms with van der Waals surface area (Å²) in [6.45, 7) is -0.541. The predicted octanol–water partition coefficient (Wildman–Crippen LogP) is 3.39. The van der Waals surface area contributed by atoms with E-state index in [0.29, 0.717) is 0 Å². The molecule has 0 bridgehead atoms. The van der Waals surface area contributed by atoms with Crippen molar-refractivity contribution in [2.45, 2.75) is 23.9 Å². The average molecular weight is 242 g/mol. The molecule has 0 saturated carbocycles. The maximum Gasteiger partial charge on any atom is 0.350 e. The predicted molar refractivity (Wildman–Crippen MR) is 35.9 cm³/mol. The molecule has 15 heavy (non-hydrogen) atoms. The minimum atomic E-state index is -5.72. The highest BCUT2D eigenvalue weighted by Gasteiger charge is 2.67. The molecule has 0 rings (SSSR count). The van der Waals surface area contributed by atoms with Crippen LogP contribution in [0, 0.1) is 0 Å². The fraction of sp³-hybridized carbons (Fsp3) is 0.714. The largest absolute Gasteiger partial charge is 0.350 e. The first-order valence-electron chi connectivity index (χ1n) is 3.50. The summed E-state index contributed by atoms with van der Waals surface area (Å²) in [5.74, 6) is -16.1. The highest BCUT2D eigenvalue weighted by atomic mass is 19.3. The van der Waals surface area contributed by atoms with Crippen molar-refractivity contribution in [3.8, 4) is 0 Å². The van der Waals surface area contributed by atoms with Gasteiger partial charge in [-0.3, -0.25) is 0 Å². The normalized spacial score (nSPS) is 16.3. The summed E-state index contributed by atoms with van der Waals surface area (Å²) < 4.78 is 97.5. The standard InChI is InChI=1S/C7H6F8/c1-2-6(12,13)7(14,15)4(9)5(10,11)3-8/h2,4H,1,3H2. The molecule has 0 nitrogen and oxygen atoms in total. The Bertz CT molecular complexity index is 233. The smallest absolute Gasteiger partial charge is 0.244 e. The van der Waals surface area contributed by atoms with Crippen LogP contribution < -0.4 is 0 Å². The van der Waals surface area contributed by atoms with Gasteiger partial charge in [0, 0.05) is 0 Å². The van der Waals surface area contributed by atoms with Crippen LogP contribution in [-0.2, 0) is 0 Å². The van der Waals surface area contributed by atoms with Crippen molar-refractivity contribution in [2.24, 2.45) is 0 Å². The van der Waals surface area contributed by atoms with E-state index < -0.39 is 36.7 Å². The van der Waals surface area contributed by atoms with Gasteiger partial charge in [-0.05, 0) is 6.08 Å². The van der Waals surface area contributed by atoms with E-state index >= 15 is 0 Å². The fourth-order valence-electron chi connectivity index (χ4n) is 0.638. The van der Waals surface area contributed by atoms with Gasteiger partial charge < -0.3 is 0 Å². The van der Waals surface area contributed by atoms with Crippen LogP contribution in [0.5, 0.6) is 0 Å². The van der Waals surface area contributed by atoms with Crippen LogP contribution in [0.3, 0.4) is 0 Å². The van der Waals surface area contributed by atoms with Gasteiger partial charge in [-0.2, -0.15) is 17.6 Å². The van der Waals surface area contributed by atoms with Crippen LogP contribution in [0.2, 0.25) is 0 Å². The van der Waals surface area contributed by atoms with Gasteiger partial charge in [0.25, 0.3) is 0 Å². The van der Waals surface area contributed by atoms with Gasteiger partial charge >= 0.3 is 17.8 Å². The lowest BCUT2D eigenvalue weighted by Crippen LogP contribution is -2.54. The zero-order chi connectivity index (χ0) is 12.5. The average Bonchev–Trinajstić information content (AvgIpc) is 2.16. The molecule has 0 aromatic rings. The van der Waals surface area contributed by atoms with Crippen molar-refractivity contribution in [3.05, 3.63) is 12.7 Å². The Morgan fingerprint density at radius 1 is 1.07 bits per heavy atom. The molecule has 0 N–H and O–H groups in total. The van der Waals surface area contributed by atoms with E-state index in [-0.39, 0.29) is 0 Å². The van der Waals surface area contributed by atoms with Gasteiger partial charge in [0.1, 0.15) is 0 Å². The Hall–Kier alpha value is -0.820. The first-order valence-corrected chi connectivity index (χ1v) is 3.50. The molecule has 0 radical (unpaired) electrons. The zero-order valence-corrected chi connectivity index (χ0v) is 7.09. The Labute approximate surface area is 79.6 Å². The first kappa shape index (κ1) is 14.2. The zero-order valence-electron chi connectivity index (χ0n) is 7.09. The Balaban J connectivity index is 5.12. The molecule has 0 aromatic heterocycles. The Morgan fingerprint density at radius 3 is 1.73 bits per heavy atom. The summed E-state index contributed by atoms with van der Waals surface area (Å²) in [6, 6.07) is 0. The van der Waals surface area contributed by atoms with Gasteiger partial charge in [-0.15, -0.1) is 0 Å². The second-order valence-electron chi connectivity index (χ2n) is 2.71. The molecule has 0 spiro atoms. The van der Waals surface area contributed by atoms with E-state index in [9.17, 15) is 35.1 Å². The van der Waals surface area contributed by atoms with Crippen molar-refractivity contribution in [1.82, 2.24) is 0 Å². The molecule has 0 fully saturated rings. The minimum Gasteiger partial charge on any atom is -0.244 e. The molecule has 0 saturated heterocycles. The number of allylic oxidation sites excluding steroid dienone is 1. The van der Waals surface area contributed by atoms with E-state index in [1.807, 2.05) is 0 Å². The molecular formula is C7H6F8. The third-order valence-electron chi connectivity index (χ3n) is 1.57. The van der Waals surface area contributed by atoms with Crippen molar-refractivity contribution in [1.29, 1.82) is 0 Å². The van der Waals surface area contributed by atoms with Gasteiger partial charge in [0.15, 0.2) is 6.67 Å². The minimum absolute atomic E-state index is 0.673. The Kier molecular flexibility index (Phi) is 3.76. The lowest BCUT2D eigenvalue weighted by molar-refractivity contribution is -0.261. The van der Waals surface area contributed by atoms with Crippen LogP contribution in [0.25, 0.3) is 0 Å². The van der Waals surface area contributed by atoms with E-state index in [4.69, 9.17) is 0 Å². The SMILES string of the molecule is C=CC(F)(F)C(F)(F)C(F)C(F)(F)CF. The summed E-state index contributed by atoms with van der Waals surface area (Å²) in [7, 11) is 0. The number of rotatable bonds is 5. The van der Waals surface area contributed by atoms with Crippen LogP contribution >= 0.6 is 0 Å². The number of hydrogen-bond acceptors (Lipinski definition) is 0. The van der Waals surface area contributed by atoms with Crippen LogP contribution in [0.4, 0.5) is 35.1 Å². The van der Waals surface area contributed by atoms with Gasteiger partial charge in [0.2, 0.25) is 6.17 Å². The maximum atomic E-state index is 12.4. The van der Waals surface area contributed by atoms with Gasteiger partial charge in [-0.25, -0.2) is 17.6 Å². The summed E-state index contributed by atoms with van der Waals surface area (Å²) in [4.78, 5) is 0. The molecule has 0 aromatic carbocycles. The van der Waals surface area contributed by atoms with Crippen molar-refractivity contribution < 1.29 is 35.1 Å². The number of halogens is 8. The quantitative estimate of drug-likeness (QED) is 0.512. The van der Waals surface area contributed by atoms with Crippen molar-refractivity contribution in [3.63, 3.8) is 0 Å². The molecule has 0 aliphatic carbocycles. The van der Waals surface area contributed by atoms with E-state index in [2.05, 4.69) is 6.58 Å². The summed E-state index contributed by atoms with van der Waals surface area (Å²) >= 11 is 0. The molecule has 1 unspecified atom stereocenters. The van der Waals surface area contributed by atoms with Crippen LogP contribution in [-0.4, -0.2) is 30.6 Å². The molecule has 0 aliphatic heterocycles. The van der Waals surface area contributed by atoms with E-state index in [0.717, 1.165) is 0 Å².